The van der Waals surface area contributed by atoms with Crippen molar-refractivity contribution in [1.82, 2.24) is 9.80 Å². The smallest absolute Gasteiger partial charge is 0.174 e. The molecule has 0 saturated carbocycles. The van der Waals surface area contributed by atoms with E-state index in [0.717, 1.165) is 80.1 Å². The molecule has 6 nitrogen and oxygen atoms in total. The van der Waals surface area contributed by atoms with Crippen molar-refractivity contribution in [2.45, 2.75) is 59.1 Å². The number of hydrogen-bond acceptors (Lipinski definition) is 5. The molecule has 2 aromatic rings. The van der Waals surface area contributed by atoms with Crippen LogP contribution in [0.5, 0.6) is 11.5 Å². The maximum absolute atomic E-state index is 6.41. The predicted octanol–water partition coefficient (Wildman–Crippen LogP) is 5.59. The highest BCUT2D eigenvalue weighted by Gasteiger charge is 2.38. The molecule has 0 radical (unpaired) electrons. The lowest BCUT2D eigenvalue weighted by Gasteiger charge is -2.44. The van der Waals surface area contributed by atoms with Gasteiger partial charge in [0.05, 0.1) is 25.9 Å². The van der Waals surface area contributed by atoms with E-state index in [4.69, 9.17) is 26.4 Å². The predicted molar refractivity (Wildman–Crippen MR) is 150 cm³/mol. The molecule has 0 aliphatic carbocycles. The monoisotopic (exact) mass is 511 g/mol. The highest BCUT2D eigenvalue weighted by molar-refractivity contribution is 7.80. The van der Waals surface area contributed by atoms with E-state index in [2.05, 4.69) is 67.1 Å². The number of benzene rings is 2. The van der Waals surface area contributed by atoms with Gasteiger partial charge < -0.3 is 24.4 Å². The van der Waals surface area contributed by atoms with Gasteiger partial charge in [-0.15, -0.1) is 0 Å². The molecule has 196 valence electrons. The third-order valence-corrected chi connectivity index (χ3v) is 7.43. The van der Waals surface area contributed by atoms with E-state index >= 15 is 0 Å². The van der Waals surface area contributed by atoms with Crippen molar-refractivity contribution < 1.29 is 14.2 Å². The first-order valence-corrected chi connectivity index (χ1v) is 13.6. The standard InChI is InChI=1S/C29H41N3O3S/c1-6-22-10-8-9-21(3)27(22)30-28(36)32(14-13-31-15-17-33-18-16-31)25-20-29(4,5)35-26-12-11-23(34-7-2)19-24(25)26/h8-12,19,25H,6-7,13-18,20H2,1-5H3,(H,30,36)/t25-/m0/s1. The lowest BCUT2D eigenvalue weighted by Crippen LogP contribution is -2.48. The second kappa shape index (κ2) is 11.8. The summed E-state index contributed by atoms with van der Waals surface area (Å²) in [5.41, 5.74) is 4.42. The van der Waals surface area contributed by atoms with Gasteiger partial charge in [-0.1, -0.05) is 25.1 Å². The molecule has 0 bridgehead atoms. The molecular weight excluding hydrogens is 470 g/mol. The molecular formula is C29H41N3O3S. The molecule has 2 aromatic carbocycles. The maximum Gasteiger partial charge on any atom is 0.174 e. The van der Waals surface area contributed by atoms with Crippen molar-refractivity contribution in [2.24, 2.45) is 0 Å². The second-order valence-electron chi connectivity index (χ2n) is 10.3. The maximum atomic E-state index is 6.41. The third-order valence-electron chi connectivity index (χ3n) is 7.09. The SMILES string of the molecule is CCOc1ccc2c(c1)[C@@H](N(CCN1CCOCC1)C(=S)Nc1c(C)cccc1CC)CC(C)(C)O2. The molecule has 0 amide bonds. The summed E-state index contributed by atoms with van der Waals surface area (Å²) in [5.74, 6) is 1.77. The summed E-state index contributed by atoms with van der Waals surface area (Å²) in [4.78, 5) is 4.84. The quantitative estimate of drug-likeness (QED) is 0.464. The van der Waals surface area contributed by atoms with Crippen LogP contribution in [0.1, 0.15) is 56.8 Å². The first-order valence-electron chi connectivity index (χ1n) is 13.2. The number of thiocarbonyl (C=S) groups is 1. The van der Waals surface area contributed by atoms with Crippen LogP contribution in [-0.4, -0.2) is 66.5 Å². The topological polar surface area (TPSA) is 46.2 Å². The Labute approximate surface area is 221 Å². The molecule has 1 N–H and O–H groups in total. The van der Waals surface area contributed by atoms with Crippen molar-refractivity contribution >= 4 is 23.0 Å². The van der Waals surface area contributed by atoms with E-state index in [1.54, 1.807) is 0 Å². The number of nitrogens with one attached hydrogen (secondary N) is 1. The van der Waals surface area contributed by atoms with Crippen LogP contribution < -0.4 is 14.8 Å². The van der Waals surface area contributed by atoms with E-state index < -0.39 is 0 Å². The Balaban J connectivity index is 1.68. The summed E-state index contributed by atoms with van der Waals surface area (Å²) in [7, 11) is 0. The summed E-state index contributed by atoms with van der Waals surface area (Å²) < 4.78 is 17.8. The molecule has 0 aromatic heterocycles. The summed E-state index contributed by atoms with van der Waals surface area (Å²) in [6.45, 7) is 16.5. The average Bonchev–Trinajstić information content (AvgIpc) is 2.86. The van der Waals surface area contributed by atoms with Gasteiger partial charge in [0, 0.05) is 43.9 Å². The van der Waals surface area contributed by atoms with Crippen LogP contribution in [0.3, 0.4) is 0 Å². The fourth-order valence-electron chi connectivity index (χ4n) is 5.18. The van der Waals surface area contributed by atoms with Gasteiger partial charge in [-0.25, -0.2) is 0 Å². The zero-order chi connectivity index (χ0) is 25.7. The van der Waals surface area contributed by atoms with Crippen LogP contribution in [0, 0.1) is 6.92 Å². The third kappa shape index (κ3) is 6.31. The average molecular weight is 512 g/mol. The van der Waals surface area contributed by atoms with Crippen LogP contribution >= 0.6 is 12.2 Å². The van der Waals surface area contributed by atoms with E-state index in [9.17, 15) is 0 Å². The number of hydrogen-bond donors (Lipinski definition) is 1. The molecule has 2 aliphatic heterocycles. The number of para-hydroxylation sites is 1. The number of anilines is 1. The molecule has 7 heteroatoms. The fourth-order valence-corrected chi connectivity index (χ4v) is 5.50. The molecule has 36 heavy (non-hydrogen) atoms. The normalized spacial score (nSPS) is 19.2. The highest BCUT2D eigenvalue weighted by atomic mass is 32.1. The van der Waals surface area contributed by atoms with E-state index in [1.165, 1.54) is 11.1 Å². The molecule has 1 fully saturated rings. The van der Waals surface area contributed by atoms with Crippen molar-refractivity contribution in [3.8, 4) is 11.5 Å². The number of ether oxygens (including phenoxy) is 3. The summed E-state index contributed by atoms with van der Waals surface area (Å²) >= 11 is 6.16. The van der Waals surface area contributed by atoms with Crippen molar-refractivity contribution in [2.75, 3.05) is 51.3 Å². The molecule has 0 spiro atoms. The minimum Gasteiger partial charge on any atom is -0.494 e. The Kier molecular flexibility index (Phi) is 8.75. The Morgan fingerprint density at radius 2 is 1.97 bits per heavy atom. The number of aryl methyl sites for hydroxylation is 2. The van der Waals surface area contributed by atoms with Crippen molar-refractivity contribution in [3.05, 3.63) is 53.1 Å². The van der Waals surface area contributed by atoms with Gasteiger partial charge in [-0.05, 0) is 75.7 Å². The lowest BCUT2D eigenvalue weighted by molar-refractivity contribution is 0.0266. The zero-order valence-corrected chi connectivity index (χ0v) is 23.2. The summed E-state index contributed by atoms with van der Waals surface area (Å²) in [6.07, 6.45) is 1.78. The van der Waals surface area contributed by atoms with Gasteiger partial charge in [0.25, 0.3) is 0 Å². The van der Waals surface area contributed by atoms with Gasteiger partial charge >= 0.3 is 0 Å². The largest absolute Gasteiger partial charge is 0.494 e. The highest BCUT2D eigenvalue weighted by Crippen LogP contribution is 2.44. The van der Waals surface area contributed by atoms with Crippen LogP contribution in [0.4, 0.5) is 5.69 Å². The molecule has 1 saturated heterocycles. The minimum atomic E-state index is -0.311. The van der Waals surface area contributed by atoms with E-state index in [0.29, 0.717) is 6.61 Å². The molecule has 2 heterocycles. The molecule has 2 aliphatic rings. The summed E-state index contributed by atoms with van der Waals surface area (Å²) in [6, 6.07) is 12.7. The van der Waals surface area contributed by atoms with Gasteiger partial charge in [0.15, 0.2) is 5.11 Å². The van der Waals surface area contributed by atoms with Gasteiger partial charge in [-0.3, -0.25) is 4.90 Å². The van der Waals surface area contributed by atoms with Gasteiger partial charge in [-0.2, -0.15) is 0 Å². The van der Waals surface area contributed by atoms with Crippen molar-refractivity contribution in [3.63, 3.8) is 0 Å². The van der Waals surface area contributed by atoms with Crippen LogP contribution in [0.2, 0.25) is 0 Å². The lowest BCUT2D eigenvalue weighted by atomic mass is 9.88. The van der Waals surface area contributed by atoms with Gasteiger partial charge in [0.2, 0.25) is 0 Å². The zero-order valence-electron chi connectivity index (χ0n) is 22.4. The van der Waals surface area contributed by atoms with E-state index in [1.807, 2.05) is 19.1 Å². The second-order valence-corrected chi connectivity index (χ2v) is 10.6. The first-order chi connectivity index (χ1) is 17.3. The Hall–Kier alpha value is -2.35. The first kappa shape index (κ1) is 26.7. The van der Waals surface area contributed by atoms with Crippen molar-refractivity contribution in [1.29, 1.82) is 0 Å². The van der Waals surface area contributed by atoms with Crippen LogP contribution in [-0.2, 0) is 11.2 Å². The Morgan fingerprint density at radius 3 is 2.69 bits per heavy atom. The van der Waals surface area contributed by atoms with Crippen LogP contribution in [0.15, 0.2) is 36.4 Å². The van der Waals surface area contributed by atoms with Gasteiger partial charge in [0.1, 0.15) is 17.1 Å². The Bertz CT molecular complexity index is 1050. The minimum absolute atomic E-state index is 0.0688. The molecule has 4 rings (SSSR count). The Morgan fingerprint density at radius 1 is 1.19 bits per heavy atom. The van der Waals surface area contributed by atoms with E-state index in [-0.39, 0.29) is 11.6 Å². The number of rotatable bonds is 8. The molecule has 1 atom stereocenters. The van der Waals surface area contributed by atoms with Crippen LogP contribution in [0.25, 0.3) is 0 Å². The number of fused-ring (bicyclic) bond motifs is 1. The molecule has 0 unspecified atom stereocenters. The fraction of sp³-hybridized carbons (Fsp3) is 0.552. The summed E-state index contributed by atoms with van der Waals surface area (Å²) in [5, 5.41) is 4.41. The number of nitrogens with zero attached hydrogens (tertiary/aromatic N) is 2. The number of morpholine rings is 1.